The Morgan fingerprint density at radius 2 is 2.04 bits per heavy atom. The number of hydrogen-bond donors (Lipinski definition) is 1. The Labute approximate surface area is 147 Å². The van der Waals surface area contributed by atoms with E-state index in [0.29, 0.717) is 17.8 Å². The van der Waals surface area contributed by atoms with Crippen molar-refractivity contribution in [1.29, 1.82) is 0 Å². The Morgan fingerprint density at radius 3 is 2.79 bits per heavy atom. The van der Waals surface area contributed by atoms with Gasteiger partial charge in [0.2, 0.25) is 11.8 Å². The molecule has 1 fully saturated rings. The van der Waals surface area contributed by atoms with E-state index in [1.165, 1.54) is 11.0 Å². The number of nitrogens with one attached hydrogen (secondary N) is 1. The number of hydrogen-bond acceptors (Lipinski definition) is 2. The molecule has 1 saturated heterocycles. The molecule has 24 heavy (non-hydrogen) atoms. The fraction of sp³-hybridized carbons (Fsp3) is 0.222. The molecule has 3 rings (SSSR count). The molecule has 2 aromatic carbocycles. The first kappa shape index (κ1) is 16.6. The number of anilines is 1. The van der Waals surface area contributed by atoms with Crippen LogP contribution < -0.4 is 5.32 Å². The first-order valence-electron chi connectivity index (χ1n) is 7.60. The molecule has 6 heteroatoms. The third-order valence-electron chi connectivity index (χ3n) is 4.00. The van der Waals surface area contributed by atoms with E-state index in [1.54, 1.807) is 30.3 Å². The molecule has 2 amide bonds. The Hall–Kier alpha value is -2.21. The Balaban J connectivity index is 1.64. The van der Waals surface area contributed by atoms with E-state index in [1.807, 2.05) is 12.1 Å². The lowest BCUT2D eigenvalue weighted by Crippen LogP contribution is -2.28. The third kappa shape index (κ3) is 3.82. The van der Waals surface area contributed by atoms with Crippen LogP contribution in [0.3, 0.4) is 0 Å². The second-order valence-corrected chi connectivity index (χ2v) is 6.68. The van der Waals surface area contributed by atoms with Crippen LogP contribution in [-0.2, 0) is 16.1 Å². The lowest BCUT2D eigenvalue weighted by Gasteiger charge is -2.17. The quantitative estimate of drug-likeness (QED) is 0.867. The van der Waals surface area contributed by atoms with Crippen molar-refractivity contribution in [2.75, 3.05) is 11.9 Å². The van der Waals surface area contributed by atoms with Gasteiger partial charge in [-0.15, -0.1) is 0 Å². The minimum absolute atomic E-state index is 0.132. The minimum Gasteiger partial charge on any atom is -0.337 e. The average Bonchev–Trinajstić information content (AvgIpc) is 2.91. The Kier molecular flexibility index (Phi) is 4.94. The summed E-state index contributed by atoms with van der Waals surface area (Å²) in [6.07, 6.45) is 0.147. The molecule has 1 unspecified atom stereocenters. The van der Waals surface area contributed by atoms with Crippen molar-refractivity contribution in [3.05, 3.63) is 64.4 Å². The van der Waals surface area contributed by atoms with Crippen LogP contribution in [0.25, 0.3) is 0 Å². The molecule has 2 aromatic rings. The Morgan fingerprint density at radius 1 is 1.25 bits per heavy atom. The number of carbonyl (C=O) groups excluding carboxylic acids is 2. The molecule has 0 spiro atoms. The number of rotatable bonds is 4. The predicted octanol–water partition coefficient (Wildman–Crippen LogP) is 3.58. The van der Waals surface area contributed by atoms with Gasteiger partial charge in [-0.3, -0.25) is 9.59 Å². The highest BCUT2D eigenvalue weighted by atomic mass is 79.9. The van der Waals surface area contributed by atoms with Crippen LogP contribution in [0.4, 0.5) is 10.1 Å². The highest BCUT2D eigenvalue weighted by molar-refractivity contribution is 9.10. The average molecular weight is 391 g/mol. The molecule has 0 aliphatic carbocycles. The first-order chi connectivity index (χ1) is 11.5. The van der Waals surface area contributed by atoms with Gasteiger partial charge in [0, 0.05) is 35.2 Å². The van der Waals surface area contributed by atoms with Crippen LogP contribution in [-0.4, -0.2) is 23.3 Å². The number of halogens is 2. The molecule has 0 aromatic heterocycles. The molecule has 124 valence electrons. The lowest BCUT2D eigenvalue weighted by molar-refractivity contribution is -0.128. The van der Waals surface area contributed by atoms with Crippen LogP contribution in [0.1, 0.15) is 12.0 Å². The van der Waals surface area contributed by atoms with Crippen molar-refractivity contribution in [3.8, 4) is 0 Å². The van der Waals surface area contributed by atoms with Gasteiger partial charge in [-0.05, 0) is 24.3 Å². The zero-order chi connectivity index (χ0) is 17.1. The van der Waals surface area contributed by atoms with E-state index in [4.69, 9.17) is 0 Å². The lowest BCUT2D eigenvalue weighted by atomic mass is 10.1. The van der Waals surface area contributed by atoms with Gasteiger partial charge in [0.25, 0.3) is 0 Å². The molecule has 1 N–H and O–H groups in total. The molecule has 1 atom stereocenters. The van der Waals surface area contributed by atoms with Crippen LogP contribution in [0.2, 0.25) is 0 Å². The number of likely N-dealkylation sites (tertiary alicyclic amines) is 1. The van der Waals surface area contributed by atoms with Gasteiger partial charge in [0.15, 0.2) is 0 Å². The SMILES string of the molecule is O=C(Nc1cccc(Br)c1)C1CC(=O)N(Cc2ccccc2F)C1. The van der Waals surface area contributed by atoms with Crippen molar-refractivity contribution in [3.63, 3.8) is 0 Å². The second kappa shape index (κ2) is 7.13. The summed E-state index contributed by atoms with van der Waals surface area (Å²) in [4.78, 5) is 26.0. The third-order valence-corrected chi connectivity index (χ3v) is 4.49. The summed E-state index contributed by atoms with van der Waals surface area (Å²) >= 11 is 3.35. The fourth-order valence-electron chi connectivity index (χ4n) is 2.74. The van der Waals surface area contributed by atoms with E-state index in [9.17, 15) is 14.0 Å². The van der Waals surface area contributed by atoms with Crippen molar-refractivity contribution in [2.24, 2.45) is 5.92 Å². The first-order valence-corrected chi connectivity index (χ1v) is 8.40. The maximum absolute atomic E-state index is 13.7. The summed E-state index contributed by atoms with van der Waals surface area (Å²) in [6, 6.07) is 13.6. The van der Waals surface area contributed by atoms with Crippen LogP contribution in [0.5, 0.6) is 0 Å². The summed E-state index contributed by atoms with van der Waals surface area (Å²) in [6.45, 7) is 0.485. The smallest absolute Gasteiger partial charge is 0.229 e. The molecule has 4 nitrogen and oxygen atoms in total. The maximum atomic E-state index is 13.7. The number of benzene rings is 2. The minimum atomic E-state index is -0.428. The van der Waals surface area contributed by atoms with Gasteiger partial charge in [0.05, 0.1) is 5.92 Å². The highest BCUT2D eigenvalue weighted by Crippen LogP contribution is 2.23. The van der Waals surface area contributed by atoms with E-state index in [-0.39, 0.29) is 30.6 Å². The van der Waals surface area contributed by atoms with Crippen LogP contribution in [0, 0.1) is 11.7 Å². The second-order valence-electron chi connectivity index (χ2n) is 5.77. The monoisotopic (exact) mass is 390 g/mol. The largest absolute Gasteiger partial charge is 0.337 e. The predicted molar refractivity (Wildman–Crippen MR) is 92.7 cm³/mol. The van der Waals surface area contributed by atoms with E-state index in [2.05, 4.69) is 21.2 Å². The molecular weight excluding hydrogens is 375 g/mol. The van der Waals surface area contributed by atoms with Crippen LogP contribution in [0.15, 0.2) is 53.0 Å². The molecule has 0 bridgehead atoms. The maximum Gasteiger partial charge on any atom is 0.229 e. The van der Waals surface area contributed by atoms with Gasteiger partial charge < -0.3 is 10.2 Å². The van der Waals surface area contributed by atoms with Gasteiger partial charge >= 0.3 is 0 Å². The molecule has 0 radical (unpaired) electrons. The fourth-order valence-corrected chi connectivity index (χ4v) is 3.14. The van der Waals surface area contributed by atoms with E-state index in [0.717, 1.165) is 4.47 Å². The van der Waals surface area contributed by atoms with Crippen molar-refractivity contribution < 1.29 is 14.0 Å². The molecule has 1 aliphatic heterocycles. The van der Waals surface area contributed by atoms with Crippen molar-refractivity contribution in [2.45, 2.75) is 13.0 Å². The topological polar surface area (TPSA) is 49.4 Å². The van der Waals surface area contributed by atoms with Gasteiger partial charge in [-0.2, -0.15) is 0 Å². The van der Waals surface area contributed by atoms with Crippen molar-refractivity contribution >= 4 is 33.4 Å². The highest BCUT2D eigenvalue weighted by Gasteiger charge is 2.34. The van der Waals surface area contributed by atoms with Gasteiger partial charge in [0.1, 0.15) is 5.82 Å². The molecule has 1 heterocycles. The summed E-state index contributed by atoms with van der Waals surface area (Å²) in [5.41, 5.74) is 1.13. The molecule has 0 saturated carbocycles. The normalized spacial score (nSPS) is 17.2. The van der Waals surface area contributed by atoms with Crippen molar-refractivity contribution in [1.82, 2.24) is 4.90 Å². The van der Waals surface area contributed by atoms with E-state index < -0.39 is 5.92 Å². The van der Waals surface area contributed by atoms with E-state index >= 15 is 0 Å². The number of amides is 2. The molecular formula is C18H16BrFN2O2. The van der Waals surface area contributed by atoms with Gasteiger partial charge in [-0.1, -0.05) is 40.2 Å². The zero-order valence-electron chi connectivity index (χ0n) is 12.8. The summed E-state index contributed by atoms with van der Waals surface area (Å²) < 4.78 is 14.6. The number of nitrogens with zero attached hydrogens (tertiary/aromatic N) is 1. The summed E-state index contributed by atoms with van der Waals surface area (Å²) in [5, 5.41) is 2.82. The summed E-state index contributed by atoms with van der Waals surface area (Å²) in [7, 11) is 0. The van der Waals surface area contributed by atoms with Gasteiger partial charge in [-0.25, -0.2) is 4.39 Å². The molecule has 1 aliphatic rings. The van der Waals surface area contributed by atoms with Crippen LogP contribution >= 0.6 is 15.9 Å². The number of carbonyl (C=O) groups is 2. The standard InChI is InChI=1S/C18H16BrFN2O2/c19-14-5-3-6-15(9-14)21-18(24)13-8-17(23)22(11-13)10-12-4-1-2-7-16(12)20/h1-7,9,13H,8,10-11H2,(H,21,24). The zero-order valence-corrected chi connectivity index (χ0v) is 14.4. The summed E-state index contributed by atoms with van der Waals surface area (Å²) in [5.74, 6) is -1.10. The Bertz CT molecular complexity index is 781.